The topological polar surface area (TPSA) is 46.3 Å². The van der Waals surface area contributed by atoms with Gasteiger partial charge in [0.2, 0.25) is 5.76 Å². The van der Waals surface area contributed by atoms with Gasteiger partial charge in [-0.15, -0.1) is 0 Å². The molecule has 2 heterocycles. The number of hydrogen-bond acceptors (Lipinski definition) is 3. The maximum atomic E-state index is 13.9. The summed E-state index contributed by atoms with van der Waals surface area (Å²) in [7, 11) is 0. The Morgan fingerprint density at radius 2 is 1.96 bits per heavy atom. The summed E-state index contributed by atoms with van der Waals surface area (Å²) in [5.41, 5.74) is 2.97. The van der Waals surface area contributed by atoms with Crippen molar-refractivity contribution in [1.29, 1.82) is 0 Å². The molecule has 132 valence electrons. The zero-order valence-corrected chi connectivity index (χ0v) is 14.5. The van der Waals surface area contributed by atoms with Gasteiger partial charge in [0, 0.05) is 18.2 Å². The van der Waals surface area contributed by atoms with Crippen molar-refractivity contribution in [1.82, 2.24) is 10.1 Å². The highest BCUT2D eigenvalue weighted by Gasteiger charge is 2.32. The molecule has 4 rings (SSSR count). The van der Waals surface area contributed by atoms with Gasteiger partial charge >= 0.3 is 0 Å². The molecule has 5 heteroatoms. The van der Waals surface area contributed by atoms with Gasteiger partial charge in [0.1, 0.15) is 11.5 Å². The molecule has 0 saturated carbocycles. The van der Waals surface area contributed by atoms with Gasteiger partial charge < -0.3 is 9.42 Å². The van der Waals surface area contributed by atoms with Crippen molar-refractivity contribution >= 4 is 5.91 Å². The maximum Gasteiger partial charge on any atom is 0.292 e. The van der Waals surface area contributed by atoms with E-state index in [2.05, 4.69) is 29.4 Å². The van der Waals surface area contributed by atoms with E-state index in [1.54, 1.807) is 18.2 Å². The Bertz CT molecular complexity index is 933. The van der Waals surface area contributed by atoms with Gasteiger partial charge in [0.25, 0.3) is 5.91 Å². The van der Waals surface area contributed by atoms with Crippen LogP contribution in [0.5, 0.6) is 0 Å². The number of aryl methyl sites for hydroxylation is 1. The first-order valence-electron chi connectivity index (χ1n) is 8.72. The zero-order chi connectivity index (χ0) is 18.1. The highest BCUT2D eigenvalue weighted by atomic mass is 19.1. The van der Waals surface area contributed by atoms with Gasteiger partial charge in [0.15, 0.2) is 0 Å². The van der Waals surface area contributed by atoms with Crippen LogP contribution >= 0.6 is 0 Å². The fourth-order valence-electron chi connectivity index (χ4n) is 3.46. The Kier molecular flexibility index (Phi) is 4.29. The van der Waals surface area contributed by atoms with Gasteiger partial charge in [-0.05, 0) is 37.5 Å². The molecule has 2 aromatic carbocycles. The Hall–Kier alpha value is -2.95. The Labute approximate surface area is 151 Å². The number of rotatable bonds is 3. The van der Waals surface area contributed by atoms with E-state index in [9.17, 15) is 9.18 Å². The lowest BCUT2D eigenvalue weighted by atomic mass is 10.0. The predicted octanol–water partition coefficient (Wildman–Crippen LogP) is 4.77. The minimum absolute atomic E-state index is 0.0325. The van der Waals surface area contributed by atoms with Gasteiger partial charge in [0.05, 0.1) is 6.04 Å². The number of halogens is 1. The summed E-state index contributed by atoms with van der Waals surface area (Å²) in [6.07, 6.45) is 1.86. The summed E-state index contributed by atoms with van der Waals surface area (Å²) >= 11 is 0. The number of hydrogen-bond donors (Lipinski definition) is 0. The maximum absolute atomic E-state index is 13.9. The number of benzene rings is 2. The summed E-state index contributed by atoms with van der Waals surface area (Å²) in [5, 5.41) is 3.89. The van der Waals surface area contributed by atoms with Crippen LogP contribution in [-0.2, 0) is 0 Å². The van der Waals surface area contributed by atoms with Crippen molar-refractivity contribution in [2.24, 2.45) is 0 Å². The third-order valence-electron chi connectivity index (χ3n) is 4.85. The molecule has 26 heavy (non-hydrogen) atoms. The molecular weight excluding hydrogens is 331 g/mol. The second-order valence-corrected chi connectivity index (χ2v) is 6.62. The van der Waals surface area contributed by atoms with Crippen LogP contribution < -0.4 is 0 Å². The van der Waals surface area contributed by atoms with Crippen LogP contribution in [0.25, 0.3) is 11.3 Å². The molecule has 0 N–H and O–H groups in total. The normalized spacial score (nSPS) is 16.8. The van der Waals surface area contributed by atoms with Crippen LogP contribution in [0.2, 0.25) is 0 Å². The van der Waals surface area contributed by atoms with Crippen LogP contribution in [0.15, 0.2) is 59.1 Å². The Morgan fingerprint density at radius 3 is 2.73 bits per heavy atom. The zero-order valence-electron chi connectivity index (χ0n) is 14.5. The van der Waals surface area contributed by atoms with E-state index < -0.39 is 5.82 Å². The second-order valence-electron chi connectivity index (χ2n) is 6.62. The number of aromatic nitrogens is 1. The first-order chi connectivity index (χ1) is 12.6. The van der Waals surface area contributed by atoms with Crippen molar-refractivity contribution < 1.29 is 13.7 Å². The lowest BCUT2D eigenvalue weighted by molar-refractivity contribution is 0.0693. The lowest BCUT2D eigenvalue weighted by Gasteiger charge is -2.24. The molecule has 0 unspecified atom stereocenters. The average Bonchev–Trinajstić information content (AvgIpc) is 3.32. The van der Waals surface area contributed by atoms with Crippen LogP contribution in [0, 0.1) is 12.7 Å². The smallest absolute Gasteiger partial charge is 0.292 e. The van der Waals surface area contributed by atoms with E-state index >= 15 is 0 Å². The van der Waals surface area contributed by atoms with E-state index in [0.717, 1.165) is 18.4 Å². The fourth-order valence-corrected chi connectivity index (χ4v) is 3.46. The molecule has 0 spiro atoms. The predicted molar refractivity (Wildman–Crippen MR) is 96.1 cm³/mol. The Morgan fingerprint density at radius 1 is 1.19 bits per heavy atom. The minimum atomic E-state index is -0.390. The van der Waals surface area contributed by atoms with Crippen LogP contribution in [0.1, 0.15) is 40.6 Å². The van der Waals surface area contributed by atoms with Crippen LogP contribution in [0.3, 0.4) is 0 Å². The molecule has 1 aliphatic rings. The average molecular weight is 350 g/mol. The first-order valence-corrected chi connectivity index (χ1v) is 8.72. The van der Waals surface area contributed by atoms with E-state index in [1.807, 2.05) is 11.8 Å². The third kappa shape index (κ3) is 3.01. The van der Waals surface area contributed by atoms with Crippen LogP contribution in [-0.4, -0.2) is 22.5 Å². The van der Waals surface area contributed by atoms with Crippen molar-refractivity contribution in [2.45, 2.75) is 25.8 Å². The van der Waals surface area contributed by atoms with Crippen LogP contribution in [0.4, 0.5) is 4.39 Å². The van der Waals surface area contributed by atoms with E-state index in [1.165, 1.54) is 17.7 Å². The molecule has 1 aliphatic heterocycles. The van der Waals surface area contributed by atoms with E-state index in [0.29, 0.717) is 17.8 Å². The fraction of sp³-hybridized carbons (Fsp3) is 0.238. The van der Waals surface area contributed by atoms with Crippen molar-refractivity contribution in [3.63, 3.8) is 0 Å². The third-order valence-corrected chi connectivity index (χ3v) is 4.85. The van der Waals surface area contributed by atoms with E-state index in [4.69, 9.17) is 4.52 Å². The Balaban J connectivity index is 1.59. The molecule has 3 aromatic rings. The number of amides is 1. The summed E-state index contributed by atoms with van der Waals surface area (Å²) < 4.78 is 19.2. The molecule has 0 bridgehead atoms. The van der Waals surface area contributed by atoms with E-state index in [-0.39, 0.29) is 17.7 Å². The summed E-state index contributed by atoms with van der Waals surface area (Å²) in [4.78, 5) is 14.7. The summed E-state index contributed by atoms with van der Waals surface area (Å²) in [6.45, 7) is 2.72. The highest BCUT2D eigenvalue weighted by Crippen LogP contribution is 2.34. The van der Waals surface area contributed by atoms with Crippen molar-refractivity contribution in [3.8, 4) is 11.3 Å². The van der Waals surface area contributed by atoms with Crippen molar-refractivity contribution in [3.05, 3.63) is 77.3 Å². The number of likely N-dealkylation sites (tertiary alicyclic amines) is 1. The van der Waals surface area contributed by atoms with Gasteiger partial charge in [-0.25, -0.2) is 4.39 Å². The molecule has 1 amide bonds. The molecule has 1 atom stereocenters. The molecule has 0 radical (unpaired) electrons. The summed E-state index contributed by atoms with van der Waals surface area (Å²) in [5.74, 6) is -0.455. The van der Waals surface area contributed by atoms with Crippen molar-refractivity contribution in [2.75, 3.05) is 6.54 Å². The number of nitrogens with zero attached hydrogens (tertiary/aromatic N) is 2. The molecule has 1 saturated heterocycles. The SMILES string of the molecule is Cc1ccc([C@@H]2CCCN2C(=O)c2cc(-c3ccccc3F)no2)cc1. The van der Waals surface area contributed by atoms with Gasteiger partial charge in [-0.3, -0.25) is 4.79 Å². The molecule has 4 nitrogen and oxygen atoms in total. The quantitative estimate of drug-likeness (QED) is 0.684. The standard InChI is InChI=1S/C21H19FN2O2/c1-14-8-10-15(11-9-14)19-7-4-12-24(19)21(25)20-13-18(23-26-20)16-5-2-3-6-17(16)22/h2-3,5-6,8-11,13,19H,4,7,12H2,1H3/t19-/m0/s1. The molecule has 0 aliphatic carbocycles. The number of carbonyl (C=O) groups is 1. The monoisotopic (exact) mass is 350 g/mol. The molecule has 1 fully saturated rings. The molecule has 1 aromatic heterocycles. The second kappa shape index (κ2) is 6.75. The minimum Gasteiger partial charge on any atom is -0.350 e. The lowest BCUT2D eigenvalue weighted by Crippen LogP contribution is -2.30. The number of carbonyl (C=O) groups excluding carboxylic acids is 1. The van der Waals surface area contributed by atoms with Gasteiger partial charge in [-0.2, -0.15) is 0 Å². The largest absolute Gasteiger partial charge is 0.350 e. The highest BCUT2D eigenvalue weighted by molar-refractivity contribution is 5.93. The molecular formula is C21H19FN2O2. The first kappa shape index (κ1) is 16.5. The van der Waals surface area contributed by atoms with Gasteiger partial charge in [-0.1, -0.05) is 47.1 Å². The summed E-state index contributed by atoms with van der Waals surface area (Å²) in [6, 6.07) is 16.1.